The molecular weight excluding hydrogens is 363 g/mol. The third kappa shape index (κ3) is 3.26. The molecule has 0 spiro atoms. The van der Waals surface area contributed by atoms with E-state index in [2.05, 4.69) is 15.2 Å². The summed E-state index contributed by atoms with van der Waals surface area (Å²) in [5, 5.41) is 6.80. The summed E-state index contributed by atoms with van der Waals surface area (Å²) in [5.74, 6) is 0.730. The largest absolute Gasteiger partial charge is 0.497 e. The molecule has 8 nitrogen and oxygen atoms in total. The van der Waals surface area contributed by atoms with E-state index in [0.717, 1.165) is 0 Å². The van der Waals surface area contributed by atoms with E-state index in [-0.39, 0.29) is 23.7 Å². The Balaban J connectivity index is 1.95. The summed E-state index contributed by atoms with van der Waals surface area (Å²) in [6, 6.07) is 4.55. The lowest BCUT2D eigenvalue weighted by atomic mass is 9.97. The van der Waals surface area contributed by atoms with E-state index in [9.17, 15) is 12.8 Å². The van der Waals surface area contributed by atoms with Gasteiger partial charge in [0.25, 0.3) is 0 Å². The van der Waals surface area contributed by atoms with Gasteiger partial charge in [-0.2, -0.15) is 9.40 Å². The molecule has 2 aromatic rings. The van der Waals surface area contributed by atoms with Crippen molar-refractivity contribution in [3.05, 3.63) is 29.8 Å². The monoisotopic (exact) mass is 384 g/mol. The van der Waals surface area contributed by atoms with Crippen molar-refractivity contribution in [2.45, 2.75) is 17.7 Å². The third-order valence-electron chi connectivity index (χ3n) is 4.54. The molecule has 2 unspecified atom stereocenters. The zero-order valence-electron chi connectivity index (χ0n) is 14.8. The molecule has 2 heterocycles. The maximum Gasteiger partial charge on any atom is 0.246 e. The maximum atomic E-state index is 13.5. The van der Waals surface area contributed by atoms with Crippen molar-refractivity contribution in [2.24, 2.45) is 5.92 Å². The van der Waals surface area contributed by atoms with E-state index in [1.165, 1.54) is 30.7 Å². The van der Waals surface area contributed by atoms with Crippen LogP contribution in [0.5, 0.6) is 11.5 Å². The van der Waals surface area contributed by atoms with Crippen LogP contribution in [0.3, 0.4) is 0 Å². The number of halogens is 1. The molecule has 0 saturated carbocycles. The van der Waals surface area contributed by atoms with E-state index in [4.69, 9.17) is 9.47 Å². The number of benzene rings is 1. The molecule has 1 aromatic carbocycles. The Bertz CT molecular complexity index is 886. The average Bonchev–Trinajstić information content (AvgIpc) is 3.27. The predicted molar refractivity (Wildman–Crippen MR) is 91.6 cm³/mol. The molecule has 1 fully saturated rings. The molecule has 0 amide bonds. The number of ether oxygens (including phenoxy) is 2. The van der Waals surface area contributed by atoms with Crippen LogP contribution in [0.1, 0.15) is 17.6 Å². The smallest absolute Gasteiger partial charge is 0.246 e. The second-order valence-corrected chi connectivity index (χ2v) is 8.05. The molecule has 2 atom stereocenters. The Kier molecular flexibility index (Phi) is 5.15. The quantitative estimate of drug-likeness (QED) is 0.811. The van der Waals surface area contributed by atoms with Crippen LogP contribution in [-0.4, -0.2) is 61.9 Å². The Hall–Kier alpha value is -2.20. The lowest BCUT2D eigenvalue weighted by molar-refractivity contribution is 0.345. The minimum Gasteiger partial charge on any atom is -0.497 e. The number of rotatable bonds is 6. The van der Waals surface area contributed by atoms with E-state index in [1.807, 2.05) is 0 Å². The molecule has 1 N–H and O–H groups in total. The third-order valence-corrected chi connectivity index (χ3v) is 6.39. The number of nitrogens with zero attached hydrogens (tertiary/aromatic N) is 3. The van der Waals surface area contributed by atoms with Gasteiger partial charge in [0.15, 0.2) is 5.82 Å². The molecule has 142 valence electrons. The molecule has 1 aliphatic heterocycles. The van der Waals surface area contributed by atoms with Crippen LogP contribution in [0.2, 0.25) is 0 Å². The molecule has 0 bridgehead atoms. The fourth-order valence-electron chi connectivity index (χ4n) is 3.13. The van der Waals surface area contributed by atoms with Crippen LogP contribution in [0.15, 0.2) is 23.1 Å². The van der Waals surface area contributed by atoms with E-state index < -0.39 is 28.5 Å². The van der Waals surface area contributed by atoms with Gasteiger partial charge in [-0.1, -0.05) is 0 Å². The van der Waals surface area contributed by atoms with Gasteiger partial charge in [0.05, 0.1) is 20.9 Å². The molecule has 1 aromatic heterocycles. The first kappa shape index (κ1) is 18.6. The number of H-pyrrole nitrogens is 1. The van der Waals surface area contributed by atoms with Gasteiger partial charge in [0.2, 0.25) is 10.0 Å². The second-order valence-electron chi connectivity index (χ2n) is 6.14. The number of nitrogens with one attached hydrogen (secondary N) is 1. The summed E-state index contributed by atoms with van der Waals surface area (Å²) in [6.07, 6.45) is 0. The minimum absolute atomic E-state index is 0.0104. The van der Waals surface area contributed by atoms with Crippen LogP contribution in [-0.2, 0) is 10.0 Å². The zero-order valence-corrected chi connectivity index (χ0v) is 15.6. The van der Waals surface area contributed by atoms with Gasteiger partial charge in [0, 0.05) is 31.0 Å². The van der Waals surface area contributed by atoms with E-state index >= 15 is 0 Å². The van der Waals surface area contributed by atoms with Crippen LogP contribution in [0.4, 0.5) is 4.39 Å². The van der Waals surface area contributed by atoms with Crippen molar-refractivity contribution >= 4 is 10.0 Å². The first-order valence-corrected chi connectivity index (χ1v) is 9.51. The van der Waals surface area contributed by atoms with Gasteiger partial charge in [0.1, 0.15) is 22.2 Å². The van der Waals surface area contributed by atoms with Crippen molar-refractivity contribution < 1.29 is 22.3 Å². The zero-order chi connectivity index (χ0) is 18.9. The van der Waals surface area contributed by atoms with Crippen LogP contribution < -0.4 is 9.47 Å². The predicted octanol–water partition coefficient (Wildman–Crippen LogP) is 1.50. The summed E-state index contributed by atoms with van der Waals surface area (Å²) in [6.45, 7) is 1.25. The van der Waals surface area contributed by atoms with Crippen molar-refractivity contribution in [3.63, 3.8) is 0 Å². The summed E-state index contributed by atoms with van der Waals surface area (Å²) in [4.78, 5) is 4.23. The number of aromatic amines is 1. The Labute approximate surface area is 151 Å². The highest BCUT2D eigenvalue weighted by Gasteiger charge is 2.42. The Morgan fingerprint density at radius 2 is 2.08 bits per heavy atom. The standard InChI is InChI=1S/C16H21FN4O4S/c1-10-18-16(20-19-10)13-9-21(8-11(13)7-17)26(22,23)15-6-12(24-2)4-5-14(15)25-3/h4-6,11,13H,7-9H2,1-3H3,(H,18,19,20). The average molecular weight is 384 g/mol. The molecule has 1 saturated heterocycles. The highest BCUT2D eigenvalue weighted by molar-refractivity contribution is 7.89. The Morgan fingerprint density at radius 3 is 2.65 bits per heavy atom. The normalized spacial score (nSPS) is 21.1. The lowest BCUT2D eigenvalue weighted by Gasteiger charge is -2.18. The van der Waals surface area contributed by atoms with E-state index in [1.54, 1.807) is 13.0 Å². The summed E-state index contributed by atoms with van der Waals surface area (Å²) in [7, 11) is -1.04. The molecule has 0 aliphatic carbocycles. The topological polar surface area (TPSA) is 97.4 Å². The minimum atomic E-state index is -3.90. The van der Waals surface area contributed by atoms with Gasteiger partial charge in [-0.3, -0.25) is 9.49 Å². The first-order chi connectivity index (χ1) is 12.4. The number of aromatic nitrogens is 3. The number of hydrogen-bond donors (Lipinski definition) is 1. The lowest BCUT2D eigenvalue weighted by Crippen LogP contribution is -2.29. The number of sulfonamides is 1. The highest BCUT2D eigenvalue weighted by atomic mass is 32.2. The number of methoxy groups -OCH3 is 2. The summed E-state index contributed by atoms with van der Waals surface area (Å²) >= 11 is 0. The first-order valence-electron chi connectivity index (χ1n) is 8.07. The summed E-state index contributed by atoms with van der Waals surface area (Å²) < 4.78 is 51.4. The van der Waals surface area contributed by atoms with Crippen molar-refractivity contribution in [3.8, 4) is 11.5 Å². The van der Waals surface area contributed by atoms with Crippen molar-refractivity contribution in [1.82, 2.24) is 19.5 Å². The molecule has 1 aliphatic rings. The van der Waals surface area contributed by atoms with Gasteiger partial charge < -0.3 is 9.47 Å². The summed E-state index contributed by atoms with van der Waals surface area (Å²) in [5.41, 5.74) is 0. The molecular formula is C16H21FN4O4S. The van der Waals surface area contributed by atoms with Crippen LogP contribution in [0.25, 0.3) is 0 Å². The molecule has 3 rings (SSSR count). The van der Waals surface area contributed by atoms with E-state index in [0.29, 0.717) is 17.4 Å². The fraction of sp³-hybridized carbons (Fsp3) is 0.500. The molecule has 26 heavy (non-hydrogen) atoms. The van der Waals surface area contributed by atoms with Crippen molar-refractivity contribution in [2.75, 3.05) is 34.0 Å². The molecule has 10 heteroatoms. The van der Waals surface area contributed by atoms with Gasteiger partial charge >= 0.3 is 0 Å². The van der Waals surface area contributed by atoms with Crippen molar-refractivity contribution in [1.29, 1.82) is 0 Å². The maximum absolute atomic E-state index is 13.5. The Morgan fingerprint density at radius 1 is 1.31 bits per heavy atom. The highest BCUT2D eigenvalue weighted by Crippen LogP contribution is 2.37. The number of hydrogen-bond acceptors (Lipinski definition) is 6. The van der Waals surface area contributed by atoms with Gasteiger partial charge in [-0.25, -0.2) is 13.4 Å². The fourth-order valence-corrected chi connectivity index (χ4v) is 4.82. The number of aryl methyl sites for hydroxylation is 1. The van der Waals surface area contributed by atoms with Gasteiger partial charge in [-0.05, 0) is 19.1 Å². The SMILES string of the molecule is COc1ccc(OC)c(S(=O)(=O)N2CC(CF)C(c3n[nH]c(C)n3)C2)c1. The van der Waals surface area contributed by atoms with Crippen LogP contribution >= 0.6 is 0 Å². The van der Waals surface area contributed by atoms with Crippen LogP contribution in [0, 0.1) is 12.8 Å². The second kappa shape index (κ2) is 7.20. The molecule has 0 radical (unpaired) electrons. The number of alkyl halides is 1. The van der Waals surface area contributed by atoms with Gasteiger partial charge in [-0.15, -0.1) is 0 Å².